The Morgan fingerprint density at radius 1 is 0.750 bits per heavy atom. The second-order valence-electron chi connectivity index (χ2n) is 9.44. The zero-order valence-electron chi connectivity index (χ0n) is 18.6. The van der Waals surface area contributed by atoms with Gasteiger partial charge in [0.05, 0.1) is 0 Å². The molecule has 0 aliphatic heterocycles. The molecule has 0 saturated carbocycles. The molecule has 0 bridgehead atoms. The maximum atomic E-state index is 2.41. The van der Waals surface area contributed by atoms with Gasteiger partial charge in [0, 0.05) is 5.92 Å². The third-order valence-corrected chi connectivity index (χ3v) is 5.63. The fourth-order valence-electron chi connectivity index (χ4n) is 4.45. The first-order chi connectivity index (χ1) is 13.1. The summed E-state index contributed by atoms with van der Waals surface area (Å²) in [4.78, 5) is 0. The molecule has 0 unspecified atom stereocenters. The summed E-state index contributed by atoms with van der Waals surface area (Å²) in [6.45, 7) is 16.0. The van der Waals surface area contributed by atoms with Crippen molar-refractivity contribution in [1.82, 2.24) is 0 Å². The Morgan fingerprint density at radius 2 is 1.39 bits per heavy atom. The summed E-state index contributed by atoms with van der Waals surface area (Å²) in [5.41, 5.74) is 11.3. The minimum atomic E-state index is 0.0975. The van der Waals surface area contributed by atoms with E-state index in [4.69, 9.17) is 0 Å². The minimum absolute atomic E-state index is 0.0975. The molecule has 3 aromatic carbocycles. The third-order valence-electron chi connectivity index (χ3n) is 5.63. The van der Waals surface area contributed by atoms with Crippen molar-refractivity contribution in [3.05, 3.63) is 105 Å². The second-order valence-corrected chi connectivity index (χ2v) is 9.44. The van der Waals surface area contributed by atoms with Crippen LogP contribution < -0.4 is 0 Å². The SMILES string of the molecule is Cc1cccc(Cc2cc(C)cc([C@H](C)c3cccc(C)c3)c2C(C)(C)C)c1. The molecule has 0 amide bonds. The first kappa shape index (κ1) is 20.4. The number of hydrogen-bond acceptors (Lipinski definition) is 0. The van der Waals surface area contributed by atoms with Gasteiger partial charge in [-0.1, -0.05) is 105 Å². The van der Waals surface area contributed by atoms with E-state index in [1.165, 1.54) is 44.5 Å². The number of aryl methyl sites for hydroxylation is 3. The van der Waals surface area contributed by atoms with Crippen molar-refractivity contribution in [2.45, 2.75) is 66.2 Å². The van der Waals surface area contributed by atoms with Gasteiger partial charge in [-0.15, -0.1) is 0 Å². The Balaban J connectivity index is 2.15. The van der Waals surface area contributed by atoms with Crippen molar-refractivity contribution in [3.63, 3.8) is 0 Å². The van der Waals surface area contributed by atoms with E-state index >= 15 is 0 Å². The molecule has 1 atom stereocenters. The van der Waals surface area contributed by atoms with Gasteiger partial charge in [0.25, 0.3) is 0 Å². The van der Waals surface area contributed by atoms with Crippen LogP contribution in [0.3, 0.4) is 0 Å². The van der Waals surface area contributed by atoms with Crippen LogP contribution >= 0.6 is 0 Å². The zero-order valence-corrected chi connectivity index (χ0v) is 18.6. The predicted molar refractivity (Wildman–Crippen MR) is 123 cm³/mol. The monoisotopic (exact) mass is 370 g/mol. The molecule has 3 rings (SSSR count). The number of hydrogen-bond donors (Lipinski definition) is 0. The average molecular weight is 371 g/mol. The summed E-state index contributed by atoms with van der Waals surface area (Å²) in [5, 5.41) is 0. The normalized spacial score (nSPS) is 12.8. The molecule has 0 heteroatoms. The lowest BCUT2D eigenvalue weighted by molar-refractivity contribution is 0.572. The summed E-state index contributed by atoms with van der Waals surface area (Å²) in [6, 6.07) is 22.7. The van der Waals surface area contributed by atoms with Crippen molar-refractivity contribution in [2.24, 2.45) is 0 Å². The third kappa shape index (κ3) is 4.55. The van der Waals surface area contributed by atoms with Crippen molar-refractivity contribution in [3.8, 4) is 0 Å². The van der Waals surface area contributed by atoms with Crippen LogP contribution in [0.25, 0.3) is 0 Å². The molecule has 28 heavy (non-hydrogen) atoms. The summed E-state index contributed by atoms with van der Waals surface area (Å²) in [7, 11) is 0. The highest BCUT2D eigenvalue weighted by atomic mass is 14.3. The molecule has 0 aliphatic rings. The van der Waals surface area contributed by atoms with Gasteiger partial charge in [0.2, 0.25) is 0 Å². The van der Waals surface area contributed by atoms with Gasteiger partial charge in [-0.05, 0) is 60.4 Å². The molecule has 0 spiro atoms. The minimum Gasteiger partial charge on any atom is -0.0617 e. The summed E-state index contributed by atoms with van der Waals surface area (Å²) in [6.07, 6.45) is 0.990. The maximum Gasteiger partial charge on any atom is 0.00642 e. The van der Waals surface area contributed by atoms with Crippen molar-refractivity contribution in [1.29, 1.82) is 0 Å². The number of benzene rings is 3. The van der Waals surface area contributed by atoms with E-state index in [1.807, 2.05) is 0 Å². The number of rotatable bonds is 4. The van der Waals surface area contributed by atoms with Crippen LogP contribution in [-0.4, -0.2) is 0 Å². The fourth-order valence-corrected chi connectivity index (χ4v) is 4.45. The average Bonchev–Trinajstić information content (AvgIpc) is 2.59. The smallest absolute Gasteiger partial charge is 0.00642 e. The molecule has 0 heterocycles. The second kappa shape index (κ2) is 7.95. The lowest BCUT2D eigenvalue weighted by atomic mass is 9.74. The van der Waals surface area contributed by atoms with Crippen LogP contribution in [-0.2, 0) is 11.8 Å². The maximum absolute atomic E-state index is 2.41. The standard InChI is InChI=1S/C28H34/c1-19-10-8-12-23(14-19)18-25-16-21(3)17-26(27(25)28(5,6)7)22(4)24-13-9-11-20(2)15-24/h8-17,22H,18H2,1-7H3/t22-/m1/s1. The Morgan fingerprint density at radius 3 is 2.00 bits per heavy atom. The van der Waals surface area contributed by atoms with E-state index in [2.05, 4.69) is 109 Å². The van der Waals surface area contributed by atoms with Crippen LogP contribution in [0.4, 0.5) is 0 Å². The van der Waals surface area contributed by atoms with Gasteiger partial charge in [-0.25, -0.2) is 0 Å². The molecular weight excluding hydrogens is 336 g/mol. The van der Waals surface area contributed by atoms with Gasteiger partial charge in [0.1, 0.15) is 0 Å². The summed E-state index contributed by atoms with van der Waals surface area (Å²) >= 11 is 0. The molecular formula is C28H34. The highest BCUT2D eigenvalue weighted by Gasteiger charge is 2.25. The molecule has 3 aromatic rings. The predicted octanol–water partition coefficient (Wildman–Crippen LogP) is 7.65. The largest absolute Gasteiger partial charge is 0.0617 e. The van der Waals surface area contributed by atoms with Crippen LogP contribution in [0.1, 0.15) is 78.1 Å². The lowest BCUT2D eigenvalue weighted by Gasteiger charge is -2.30. The Hall–Kier alpha value is -2.34. The van der Waals surface area contributed by atoms with Gasteiger partial charge in [-0.2, -0.15) is 0 Å². The highest BCUT2D eigenvalue weighted by molar-refractivity contribution is 5.49. The first-order valence-corrected chi connectivity index (χ1v) is 10.4. The summed E-state index contributed by atoms with van der Waals surface area (Å²) in [5.74, 6) is 0.380. The molecule has 0 saturated heterocycles. The first-order valence-electron chi connectivity index (χ1n) is 10.4. The van der Waals surface area contributed by atoms with Crippen LogP contribution in [0.5, 0.6) is 0 Å². The van der Waals surface area contributed by atoms with E-state index in [0.29, 0.717) is 5.92 Å². The molecule has 0 radical (unpaired) electrons. The lowest BCUT2D eigenvalue weighted by Crippen LogP contribution is -2.19. The molecule has 0 fully saturated rings. The van der Waals surface area contributed by atoms with Crippen LogP contribution in [0, 0.1) is 20.8 Å². The van der Waals surface area contributed by atoms with E-state index < -0.39 is 0 Å². The quantitative estimate of drug-likeness (QED) is 0.442. The highest BCUT2D eigenvalue weighted by Crippen LogP contribution is 2.38. The van der Waals surface area contributed by atoms with Crippen molar-refractivity contribution >= 4 is 0 Å². The van der Waals surface area contributed by atoms with Crippen molar-refractivity contribution < 1.29 is 0 Å². The van der Waals surface area contributed by atoms with E-state index in [9.17, 15) is 0 Å². The molecule has 146 valence electrons. The van der Waals surface area contributed by atoms with E-state index in [-0.39, 0.29) is 5.41 Å². The molecule has 0 nitrogen and oxygen atoms in total. The van der Waals surface area contributed by atoms with Crippen LogP contribution in [0.15, 0.2) is 60.7 Å². The van der Waals surface area contributed by atoms with Gasteiger partial charge >= 0.3 is 0 Å². The summed E-state index contributed by atoms with van der Waals surface area (Å²) < 4.78 is 0. The fraction of sp³-hybridized carbons (Fsp3) is 0.357. The molecule has 0 aromatic heterocycles. The van der Waals surface area contributed by atoms with E-state index in [1.54, 1.807) is 0 Å². The van der Waals surface area contributed by atoms with Gasteiger partial charge in [-0.3, -0.25) is 0 Å². The van der Waals surface area contributed by atoms with E-state index in [0.717, 1.165) is 6.42 Å². The van der Waals surface area contributed by atoms with Crippen molar-refractivity contribution in [2.75, 3.05) is 0 Å². The topological polar surface area (TPSA) is 0 Å². The Kier molecular flexibility index (Phi) is 5.79. The van der Waals surface area contributed by atoms with Gasteiger partial charge in [0.15, 0.2) is 0 Å². The molecule has 0 aliphatic carbocycles. The van der Waals surface area contributed by atoms with Crippen LogP contribution in [0.2, 0.25) is 0 Å². The Bertz CT molecular complexity index is 970. The Labute approximate surface area is 171 Å². The molecule has 0 N–H and O–H groups in total. The van der Waals surface area contributed by atoms with Gasteiger partial charge < -0.3 is 0 Å². The zero-order chi connectivity index (χ0) is 20.5.